The number of nitrogens with zero attached hydrogens (tertiary/aromatic N) is 4. The highest BCUT2D eigenvalue weighted by Gasteiger charge is 2.19. The molecule has 1 saturated heterocycles. The van der Waals surface area contributed by atoms with Gasteiger partial charge in [0, 0.05) is 6.54 Å². The Bertz CT molecular complexity index is 873. The summed E-state index contributed by atoms with van der Waals surface area (Å²) in [5.41, 5.74) is 2.71. The number of likely N-dealkylation sites (tertiary alicyclic amines) is 1. The molecule has 1 aliphatic heterocycles. The minimum absolute atomic E-state index is 0.0664. The molecule has 1 fully saturated rings. The first-order valence-corrected chi connectivity index (χ1v) is 12.5. The fraction of sp³-hybridized carbons (Fsp3) is 0.542. The molecule has 6 nitrogen and oxygen atoms in total. The summed E-state index contributed by atoms with van der Waals surface area (Å²) in [5, 5.41) is 12.8. The smallest absolute Gasteiger partial charge is 0.230 e. The van der Waals surface area contributed by atoms with Crippen LogP contribution in [0.4, 0.5) is 0 Å². The molecular weight excluding hydrogens is 406 g/mol. The lowest BCUT2D eigenvalue weighted by Gasteiger charge is -2.16. The second kappa shape index (κ2) is 11.5. The van der Waals surface area contributed by atoms with E-state index in [1.54, 1.807) is 0 Å². The third kappa shape index (κ3) is 6.68. The maximum absolute atomic E-state index is 12.4. The maximum Gasteiger partial charge on any atom is 0.230 e. The second-order valence-corrected chi connectivity index (χ2v) is 9.39. The van der Waals surface area contributed by atoms with E-state index in [1.807, 2.05) is 6.07 Å². The normalized spacial score (nSPS) is 17.0. The van der Waals surface area contributed by atoms with Crippen LogP contribution in [0, 0.1) is 0 Å². The molecule has 1 aromatic carbocycles. The zero-order valence-corrected chi connectivity index (χ0v) is 19.1. The molecule has 1 aromatic heterocycles. The van der Waals surface area contributed by atoms with E-state index in [1.165, 1.54) is 61.4 Å². The van der Waals surface area contributed by atoms with E-state index in [2.05, 4.69) is 55.3 Å². The number of hydrogen-bond acceptors (Lipinski definition) is 5. The van der Waals surface area contributed by atoms with Crippen LogP contribution in [0.15, 0.2) is 47.1 Å². The molecule has 31 heavy (non-hydrogen) atoms. The van der Waals surface area contributed by atoms with Gasteiger partial charge < -0.3 is 9.88 Å². The van der Waals surface area contributed by atoms with Crippen molar-refractivity contribution in [2.75, 3.05) is 25.4 Å². The van der Waals surface area contributed by atoms with E-state index in [4.69, 9.17) is 0 Å². The second-order valence-electron chi connectivity index (χ2n) is 8.45. The molecule has 2 heterocycles. The molecule has 1 aliphatic carbocycles. The first-order chi connectivity index (χ1) is 15.3. The molecule has 2 aliphatic rings. The molecular formula is C24H33N5OS. The first kappa shape index (κ1) is 22.1. The number of hydrogen-bond donors (Lipinski definition) is 1. The lowest BCUT2D eigenvalue weighted by atomic mass is 9.97. The van der Waals surface area contributed by atoms with Crippen molar-refractivity contribution in [1.29, 1.82) is 0 Å². The first-order valence-electron chi connectivity index (χ1n) is 11.5. The van der Waals surface area contributed by atoms with Crippen LogP contribution in [0.25, 0.3) is 0 Å². The third-order valence-electron chi connectivity index (χ3n) is 6.03. The van der Waals surface area contributed by atoms with Crippen molar-refractivity contribution in [1.82, 2.24) is 25.0 Å². The van der Waals surface area contributed by atoms with E-state index in [0.29, 0.717) is 5.75 Å². The van der Waals surface area contributed by atoms with Crippen molar-refractivity contribution in [3.8, 4) is 0 Å². The highest BCUT2D eigenvalue weighted by atomic mass is 32.2. The van der Waals surface area contributed by atoms with Crippen LogP contribution in [0.1, 0.15) is 56.3 Å². The number of carbonyl (C=O) groups excluding carboxylic acids is 1. The quantitative estimate of drug-likeness (QED) is 0.447. The number of rotatable bonds is 10. The third-order valence-corrected chi connectivity index (χ3v) is 6.99. The summed E-state index contributed by atoms with van der Waals surface area (Å²) >= 11 is 1.48. The van der Waals surface area contributed by atoms with Gasteiger partial charge in [-0.25, -0.2) is 0 Å². The summed E-state index contributed by atoms with van der Waals surface area (Å²) in [5.74, 6) is 1.42. The maximum atomic E-state index is 12.4. The molecule has 7 heteroatoms. The van der Waals surface area contributed by atoms with E-state index in [9.17, 15) is 4.79 Å². The van der Waals surface area contributed by atoms with Crippen molar-refractivity contribution in [2.45, 2.75) is 63.2 Å². The Morgan fingerprint density at radius 2 is 1.87 bits per heavy atom. The topological polar surface area (TPSA) is 63.1 Å². The van der Waals surface area contributed by atoms with Crippen LogP contribution >= 0.6 is 11.8 Å². The highest BCUT2D eigenvalue weighted by Crippen LogP contribution is 2.22. The predicted molar refractivity (Wildman–Crippen MR) is 125 cm³/mol. The number of aromatic nitrogens is 3. The van der Waals surface area contributed by atoms with Gasteiger partial charge in [0.2, 0.25) is 5.91 Å². The van der Waals surface area contributed by atoms with Gasteiger partial charge in [-0.1, -0.05) is 53.7 Å². The largest absolute Gasteiger partial charge is 0.355 e. The van der Waals surface area contributed by atoms with Crippen LogP contribution in [0.5, 0.6) is 0 Å². The van der Waals surface area contributed by atoms with Gasteiger partial charge in [0.05, 0.1) is 18.8 Å². The molecule has 2 aromatic rings. The number of thioether (sulfide) groups is 1. The van der Waals surface area contributed by atoms with Crippen LogP contribution < -0.4 is 5.32 Å². The van der Waals surface area contributed by atoms with Crippen molar-refractivity contribution >= 4 is 17.7 Å². The Labute approximate surface area is 189 Å². The summed E-state index contributed by atoms with van der Waals surface area (Å²) in [7, 11) is 0. The van der Waals surface area contributed by atoms with Gasteiger partial charge in [-0.2, -0.15) is 0 Å². The lowest BCUT2D eigenvalue weighted by molar-refractivity contribution is -0.118. The summed E-state index contributed by atoms with van der Waals surface area (Å²) in [6.45, 7) is 4.53. The molecule has 0 unspecified atom stereocenters. The predicted octanol–water partition coefficient (Wildman–Crippen LogP) is 4.02. The Hall–Kier alpha value is -2.12. The van der Waals surface area contributed by atoms with Crippen LogP contribution in [-0.2, 0) is 17.9 Å². The van der Waals surface area contributed by atoms with Gasteiger partial charge >= 0.3 is 0 Å². The SMILES string of the molecule is O=C(CSc1nnc(CN2CCCC2)n1Cc1ccccc1)NCCC1=CCCCC1. The number of nitrogens with one attached hydrogen (secondary N) is 1. The Morgan fingerprint density at radius 1 is 1.03 bits per heavy atom. The van der Waals surface area contributed by atoms with E-state index in [0.717, 1.165) is 50.1 Å². The van der Waals surface area contributed by atoms with Crippen LogP contribution in [0.2, 0.25) is 0 Å². The van der Waals surface area contributed by atoms with E-state index in [-0.39, 0.29) is 5.91 Å². The number of benzene rings is 1. The molecule has 0 atom stereocenters. The van der Waals surface area contributed by atoms with Gasteiger partial charge in [-0.05, 0) is 63.6 Å². The molecule has 166 valence electrons. The molecule has 0 saturated carbocycles. The zero-order chi connectivity index (χ0) is 21.3. The summed E-state index contributed by atoms with van der Waals surface area (Å²) in [6.07, 6.45) is 10.8. The fourth-order valence-corrected chi connectivity index (χ4v) is 5.07. The van der Waals surface area contributed by atoms with Crippen LogP contribution in [0.3, 0.4) is 0 Å². The fourth-order valence-electron chi connectivity index (χ4n) is 4.28. The molecule has 0 spiro atoms. The summed E-state index contributed by atoms with van der Waals surface area (Å²) in [6, 6.07) is 10.4. The number of amides is 1. The summed E-state index contributed by atoms with van der Waals surface area (Å²) in [4.78, 5) is 14.8. The lowest BCUT2D eigenvalue weighted by Crippen LogP contribution is -2.26. The van der Waals surface area contributed by atoms with Crippen molar-refractivity contribution in [2.24, 2.45) is 0 Å². The van der Waals surface area contributed by atoms with Gasteiger partial charge in [-0.3, -0.25) is 9.69 Å². The van der Waals surface area contributed by atoms with Crippen molar-refractivity contribution in [3.05, 3.63) is 53.4 Å². The zero-order valence-electron chi connectivity index (χ0n) is 18.3. The molecule has 1 N–H and O–H groups in total. The molecule has 1 amide bonds. The van der Waals surface area contributed by atoms with Gasteiger partial charge in [0.1, 0.15) is 5.82 Å². The Kier molecular flexibility index (Phi) is 8.18. The van der Waals surface area contributed by atoms with Gasteiger partial charge in [0.25, 0.3) is 0 Å². The van der Waals surface area contributed by atoms with Crippen molar-refractivity contribution in [3.63, 3.8) is 0 Å². The summed E-state index contributed by atoms with van der Waals surface area (Å²) < 4.78 is 2.18. The van der Waals surface area contributed by atoms with Gasteiger partial charge in [-0.15, -0.1) is 10.2 Å². The monoisotopic (exact) mass is 439 g/mol. The highest BCUT2D eigenvalue weighted by molar-refractivity contribution is 7.99. The van der Waals surface area contributed by atoms with E-state index >= 15 is 0 Å². The van der Waals surface area contributed by atoms with Gasteiger partial charge in [0.15, 0.2) is 5.16 Å². The minimum atomic E-state index is 0.0664. The Morgan fingerprint density at radius 3 is 2.65 bits per heavy atom. The Balaban J connectivity index is 1.34. The number of carbonyl (C=O) groups is 1. The number of allylic oxidation sites excluding steroid dienone is 1. The van der Waals surface area contributed by atoms with E-state index < -0.39 is 0 Å². The standard InChI is InChI=1S/C24H33N5OS/c30-23(25-14-13-20-9-3-1-4-10-20)19-31-24-27-26-22(18-28-15-7-8-16-28)29(24)17-21-11-5-2-6-12-21/h2,5-6,9,11-12H,1,3-4,7-8,10,13-19H2,(H,25,30). The average molecular weight is 440 g/mol. The molecule has 0 radical (unpaired) electrons. The van der Waals surface area contributed by atoms with Crippen molar-refractivity contribution < 1.29 is 4.79 Å². The molecule has 0 bridgehead atoms. The minimum Gasteiger partial charge on any atom is -0.355 e. The van der Waals surface area contributed by atoms with Crippen LogP contribution in [-0.4, -0.2) is 51.0 Å². The molecule has 4 rings (SSSR count). The average Bonchev–Trinajstić information content (AvgIpc) is 3.45.